The van der Waals surface area contributed by atoms with Crippen LogP contribution in [0.1, 0.15) is 30.4 Å². The SMILES string of the molecule is Cc1noc(C)c1S(=O)(=O)Nc1ccc(C2=NNC(=O)CC2C)cc1. The Labute approximate surface area is 145 Å². The average Bonchev–Trinajstić information content (AvgIpc) is 2.88. The number of hydrogen-bond donors (Lipinski definition) is 2. The van der Waals surface area contributed by atoms with E-state index in [-0.39, 0.29) is 22.5 Å². The molecule has 3 rings (SSSR count). The Morgan fingerprint density at radius 2 is 1.92 bits per heavy atom. The molecule has 0 saturated carbocycles. The number of sulfonamides is 1. The Hall–Kier alpha value is -2.68. The fourth-order valence-electron chi connectivity index (χ4n) is 2.78. The van der Waals surface area contributed by atoms with E-state index in [2.05, 4.69) is 20.4 Å². The highest BCUT2D eigenvalue weighted by Gasteiger charge is 2.25. The van der Waals surface area contributed by atoms with Gasteiger partial charge in [-0.25, -0.2) is 13.8 Å². The molecular formula is C16H18N4O4S. The molecule has 2 aromatic rings. The quantitative estimate of drug-likeness (QED) is 0.863. The van der Waals surface area contributed by atoms with Crippen molar-refractivity contribution in [1.82, 2.24) is 10.6 Å². The molecule has 1 aromatic heterocycles. The fourth-order valence-corrected chi connectivity index (χ4v) is 4.17. The van der Waals surface area contributed by atoms with E-state index in [0.717, 1.165) is 11.3 Å². The van der Waals surface area contributed by atoms with Gasteiger partial charge in [0.1, 0.15) is 5.69 Å². The maximum absolute atomic E-state index is 12.5. The molecule has 0 aliphatic carbocycles. The van der Waals surface area contributed by atoms with Crippen LogP contribution in [-0.2, 0) is 14.8 Å². The predicted molar refractivity (Wildman–Crippen MR) is 91.7 cm³/mol. The fraction of sp³-hybridized carbons (Fsp3) is 0.312. The molecule has 25 heavy (non-hydrogen) atoms. The van der Waals surface area contributed by atoms with E-state index in [1.54, 1.807) is 38.1 Å². The minimum absolute atomic E-state index is 0.00130. The molecule has 0 spiro atoms. The van der Waals surface area contributed by atoms with Crippen LogP contribution in [0.3, 0.4) is 0 Å². The van der Waals surface area contributed by atoms with Crippen LogP contribution in [0.5, 0.6) is 0 Å². The summed E-state index contributed by atoms with van der Waals surface area (Å²) in [5.74, 6) is 0.126. The van der Waals surface area contributed by atoms with Crippen LogP contribution in [0.25, 0.3) is 0 Å². The number of amides is 1. The van der Waals surface area contributed by atoms with Crippen molar-refractivity contribution >= 4 is 27.3 Å². The van der Waals surface area contributed by atoms with Gasteiger partial charge >= 0.3 is 0 Å². The number of anilines is 1. The third kappa shape index (κ3) is 3.41. The first-order valence-electron chi connectivity index (χ1n) is 7.70. The summed E-state index contributed by atoms with van der Waals surface area (Å²) in [6.07, 6.45) is 0.374. The third-order valence-electron chi connectivity index (χ3n) is 3.93. The number of carbonyl (C=O) groups excluding carboxylic acids is 1. The van der Waals surface area contributed by atoms with Crippen LogP contribution in [0, 0.1) is 19.8 Å². The van der Waals surface area contributed by atoms with Crippen LogP contribution in [0.4, 0.5) is 5.69 Å². The lowest BCUT2D eigenvalue weighted by Gasteiger charge is -2.19. The second-order valence-electron chi connectivity index (χ2n) is 5.97. The molecule has 8 nitrogen and oxygen atoms in total. The molecule has 9 heteroatoms. The van der Waals surface area contributed by atoms with Gasteiger partial charge in [0.2, 0.25) is 5.91 Å². The van der Waals surface area contributed by atoms with Gasteiger partial charge in [-0.05, 0) is 31.5 Å². The average molecular weight is 362 g/mol. The van der Waals surface area contributed by atoms with Crippen molar-refractivity contribution in [1.29, 1.82) is 0 Å². The lowest BCUT2D eigenvalue weighted by Crippen LogP contribution is -2.31. The number of hydrazone groups is 1. The maximum atomic E-state index is 12.5. The van der Waals surface area contributed by atoms with E-state index >= 15 is 0 Å². The van der Waals surface area contributed by atoms with Crippen LogP contribution in [0.2, 0.25) is 0 Å². The summed E-state index contributed by atoms with van der Waals surface area (Å²) in [5, 5.41) is 7.76. The van der Waals surface area contributed by atoms with Crippen molar-refractivity contribution < 1.29 is 17.7 Å². The number of nitrogens with zero attached hydrogens (tertiary/aromatic N) is 2. The first-order chi connectivity index (χ1) is 11.8. The second-order valence-corrected chi connectivity index (χ2v) is 7.59. The van der Waals surface area contributed by atoms with Crippen molar-refractivity contribution in [2.24, 2.45) is 11.0 Å². The zero-order valence-corrected chi connectivity index (χ0v) is 14.8. The largest absolute Gasteiger partial charge is 0.360 e. The highest BCUT2D eigenvalue weighted by Crippen LogP contribution is 2.23. The molecule has 2 N–H and O–H groups in total. The van der Waals surface area contributed by atoms with Crippen LogP contribution < -0.4 is 10.1 Å². The summed E-state index contributed by atoms with van der Waals surface area (Å²) in [6.45, 7) is 5.05. The number of aromatic nitrogens is 1. The van der Waals surface area contributed by atoms with Gasteiger partial charge in [0.25, 0.3) is 10.0 Å². The smallest absolute Gasteiger partial charge is 0.267 e. The van der Waals surface area contributed by atoms with E-state index in [1.165, 1.54) is 0 Å². The Morgan fingerprint density at radius 3 is 2.48 bits per heavy atom. The molecule has 0 saturated heterocycles. The number of hydrogen-bond acceptors (Lipinski definition) is 6. The molecule has 2 heterocycles. The summed E-state index contributed by atoms with van der Waals surface area (Å²) >= 11 is 0. The van der Waals surface area contributed by atoms with Crippen molar-refractivity contribution in [2.45, 2.75) is 32.1 Å². The number of nitrogens with one attached hydrogen (secondary N) is 2. The highest BCUT2D eigenvalue weighted by atomic mass is 32.2. The standard InChI is InChI=1S/C16H18N4O4S/c1-9-8-14(21)17-18-15(9)12-4-6-13(7-5-12)20-25(22,23)16-10(2)19-24-11(16)3/h4-7,9,20H,8H2,1-3H3,(H,17,21). The highest BCUT2D eigenvalue weighted by molar-refractivity contribution is 7.92. The molecule has 0 radical (unpaired) electrons. The van der Waals surface area contributed by atoms with Crippen molar-refractivity contribution in [2.75, 3.05) is 4.72 Å². The second kappa shape index (κ2) is 6.32. The van der Waals surface area contributed by atoms with Crippen molar-refractivity contribution in [3.8, 4) is 0 Å². The molecule has 1 aliphatic heterocycles. The topological polar surface area (TPSA) is 114 Å². The van der Waals surface area contributed by atoms with Gasteiger partial charge in [0.15, 0.2) is 10.7 Å². The van der Waals surface area contributed by atoms with E-state index in [1.807, 2.05) is 6.92 Å². The zero-order valence-electron chi connectivity index (χ0n) is 14.0. The molecule has 1 amide bonds. The third-order valence-corrected chi connectivity index (χ3v) is 5.55. The molecule has 0 bridgehead atoms. The van der Waals surface area contributed by atoms with Crippen molar-refractivity contribution in [3.63, 3.8) is 0 Å². The summed E-state index contributed by atoms with van der Waals surface area (Å²) < 4.78 is 32.4. The summed E-state index contributed by atoms with van der Waals surface area (Å²) in [7, 11) is -3.78. The van der Waals surface area contributed by atoms with E-state index in [0.29, 0.717) is 17.8 Å². The monoisotopic (exact) mass is 362 g/mol. The summed E-state index contributed by atoms with van der Waals surface area (Å²) in [6, 6.07) is 6.82. The Morgan fingerprint density at radius 1 is 1.24 bits per heavy atom. The molecule has 1 aromatic carbocycles. The van der Waals surface area contributed by atoms with Gasteiger partial charge in [-0.2, -0.15) is 5.10 Å². The molecule has 1 atom stereocenters. The minimum atomic E-state index is -3.78. The Balaban J connectivity index is 1.83. The molecular weight excluding hydrogens is 344 g/mol. The summed E-state index contributed by atoms with van der Waals surface area (Å²) in [5.41, 5.74) is 4.78. The molecule has 132 valence electrons. The van der Waals surface area contributed by atoms with Gasteiger partial charge < -0.3 is 4.52 Å². The molecule has 1 aliphatic rings. The van der Waals surface area contributed by atoms with E-state index < -0.39 is 10.0 Å². The maximum Gasteiger partial charge on any atom is 0.267 e. The number of carbonyl (C=O) groups is 1. The van der Waals surface area contributed by atoms with E-state index in [4.69, 9.17) is 4.52 Å². The minimum Gasteiger partial charge on any atom is -0.360 e. The Kier molecular flexibility index (Phi) is 4.34. The number of rotatable bonds is 4. The number of aryl methyl sites for hydroxylation is 2. The van der Waals surface area contributed by atoms with Gasteiger partial charge in [0.05, 0.1) is 5.71 Å². The van der Waals surface area contributed by atoms with Crippen molar-refractivity contribution in [3.05, 3.63) is 41.3 Å². The van der Waals surface area contributed by atoms with Gasteiger partial charge in [-0.15, -0.1) is 0 Å². The van der Waals surface area contributed by atoms with Gasteiger partial charge in [-0.1, -0.05) is 24.2 Å². The predicted octanol–water partition coefficient (Wildman–Crippen LogP) is 1.95. The van der Waals surface area contributed by atoms with Crippen LogP contribution in [0.15, 0.2) is 38.8 Å². The van der Waals surface area contributed by atoms with Crippen LogP contribution >= 0.6 is 0 Å². The van der Waals surface area contributed by atoms with Gasteiger partial charge in [0, 0.05) is 18.0 Å². The lowest BCUT2D eigenvalue weighted by molar-refractivity contribution is -0.121. The first kappa shape index (κ1) is 17.2. The van der Waals surface area contributed by atoms with Crippen LogP contribution in [-0.4, -0.2) is 25.2 Å². The molecule has 0 fully saturated rings. The molecule has 1 unspecified atom stereocenters. The van der Waals surface area contributed by atoms with E-state index in [9.17, 15) is 13.2 Å². The Bertz CT molecular complexity index is 926. The first-order valence-corrected chi connectivity index (χ1v) is 9.19. The lowest BCUT2D eigenvalue weighted by atomic mass is 9.94. The van der Waals surface area contributed by atoms with Gasteiger partial charge in [-0.3, -0.25) is 9.52 Å². The zero-order chi connectivity index (χ0) is 18.2. The summed E-state index contributed by atoms with van der Waals surface area (Å²) in [4.78, 5) is 11.4. The number of benzene rings is 1. The normalized spacial score (nSPS) is 17.8.